The number of carbonyl (C=O) groups is 1. The minimum absolute atomic E-state index is 0.244. The summed E-state index contributed by atoms with van der Waals surface area (Å²) in [5.74, 6) is -0.183. The fourth-order valence-corrected chi connectivity index (χ4v) is 1.89. The van der Waals surface area contributed by atoms with Gasteiger partial charge in [0.1, 0.15) is 12.4 Å². The molecule has 16 heavy (non-hydrogen) atoms. The van der Waals surface area contributed by atoms with Crippen molar-refractivity contribution < 1.29 is 14.6 Å². The number of ether oxygens (including phenoxy) is 1. The van der Waals surface area contributed by atoms with Gasteiger partial charge >= 0.3 is 5.97 Å². The summed E-state index contributed by atoms with van der Waals surface area (Å²) in [6, 6.07) is 0.248. The van der Waals surface area contributed by atoms with Gasteiger partial charge in [0.15, 0.2) is 11.9 Å². The molecule has 0 bridgehead atoms. The molecule has 2 rings (SSSR count). The van der Waals surface area contributed by atoms with Crippen molar-refractivity contribution in [3.8, 4) is 0 Å². The average Bonchev–Trinajstić information content (AvgIpc) is 2.86. The van der Waals surface area contributed by atoms with Crippen molar-refractivity contribution in [1.29, 1.82) is 0 Å². The molecular weight excluding hydrogens is 210 g/mol. The highest BCUT2D eigenvalue weighted by atomic mass is 16.5. The molecule has 1 aromatic rings. The lowest BCUT2D eigenvalue weighted by Gasteiger charge is -2.14. The van der Waals surface area contributed by atoms with Crippen LogP contribution in [0.15, 0.2) is 6.33 Å². The van der Waals surface area contributed by atoms with Crippen LogP contribution >= 0.6 is 0 Å². The van der Waals surface area contributed by atoms with Crippen LogP contribution in [0.5, 0.6) is 0 Å². The minimum atomic E-state index is -0.905. The standard InChI is InChI=1S/C10H15N3O3/c1-6(2)13-5-11-12-9(13)7-3-4-8(16-7)10(14)15/h5-8H,3-4H2,1-2H3,(H,14,15). The number of carboxylic acid groups (broad SMARTS) is 1. The largest absolute Gasteiger partial charge is 0.479 e. The Morgan fingerprint density at radius 1 is 1.62 bits per heavy atom. The maximum Gasteiger partial charge on any atom is 0.332 e. The van der Waals surface area contributed by atoms with E-state index in [-0.39, 0.29) is 12.1 Å². The first-order valence-corrected chi connectivity index (χ1v) is 5.37. The van der Waals surface area contributed by atoms with Gasteiger partial charge in [-0.1, -0.05) is 0 Å². The van der Waals surface area contributed by atoms with Crippen LogP contribution in [0.25, 0.3) is 0 Å². The molecule has 88 valence electrons. The highest BCUT2D eigenvalue weighted by molar-refractivity contribution is 5.72. The molecule has 0 aromatic carbocycles. The fraction of sp³-hybridized carbons (Fsp3) is 0.700. The van der Waals surface area contributed by atoms with Crippen LogP contribution in [-0.4, -0.2) is 31.9 Å². The lowest BCUT2D eigenvalue weighted by atomic mass is 10.2. The zero-order valence-corrected chi connectivity index (χ0v) is 9.33. The number of hydrogen-bond acceptors (Lipinski definition) is 4. The molecule has 1 N–H and O–H groups in total. The smallest absolute Gasteiger partial charge is 0.332 e. The van der Waals surface area contributed by atoms with Crippen molar-refractivity contribution in [1.82, 2.24) is 14.8 Å². The molecule has 1 saturated heterocycles. The maximum absolute atomic E-state index is 10.8. The van der Waals surface area contributed by atoms with Crippen molar-refractivity contribution in [3.63, 3.8) is 0 Å². The SMILES string of the molecule is CC(C)n1cnnc1C1CCC(C(=O)O)O1. The van der Waals surface area contributed by atoms with Gasteiger partial charge < -0.3 is 14.4 Å². The second-order valence-electron chi connectivity index (χ2n) is 4.22. The summed E-state index contributed by atoms with van der Waals surface area (Å²) in [5.41, 5.74) is 0. The van der Waals surface area contributed by atoms with Crippen LogP contribution in [-0.2, 0) is 9.53 Å². The van der Waals surface area contributed by atoms with Crippen molar-refractivity contribution in [2.75, 3.05) is 0 Å². The molecular formula is C10H15N3O3. The number of carboxylic acids is 1. The quantitative estimate of drug-likeness (QED) is 0.835. The molecule has 1 fully saturated rings. The van der Waals surface area contributed by atoms with Crippen molar-refractivity contribution in [3.05, 3.63) is 12.2 Å². The molecule has 6 heteroatoms. The van der Waals surface area contributed by atoms with E-state index in [1.54, 1.807) is 6.33 Å². The van der Waals surface area contributed by atoms with Gasteiger partial charge in [-0.05, 0) is 26.7 Å². The maximum atomic E-state index is 10.8. The molecule has 6 nitrogen and oxygen atoms in total. The summed E-state index contributed by atoms with van der Waals surface area (Å²) < 4.78 is 7.35. The highest BCUT2D eigenvalue weighted by Gasteiger charge is 2.34. The number of nitrogens with zero attached hydrogens (tertiary/aromatic N) is 3. The van der Waals surface area contributed by atoms with Crippen molar-refractivity contribution in [2.45, 2.75) is 44.9 Å². The molecule has 0 spiro atoms. The minimum Gasteiger partial charge on any atom is -0.479 e. The third-order valence-corrected chi connectivity index (χ3v) is 2.74. The second kappa shape index (κ2) is 4.21. The fourth-order valence-electron chi connectivity index (χ4n) is 1.89. The number of aliphatic carboxylic acids is 1. The number of aromatic nitrogens is 3. The van der Waals surface area contributed by atoms with Gasteiger partial charge in [0, 0.05) is 6.04 Å². The first-order chi connectivity index (χ1) is 7.59. The summed E-state index contributed by atoms with van der Waals surface area (Å²) in [6.45, 7) is 4.05. The van der Waals surface area contributed by atoms with E-state index in [0.29, 0.717) is 12.8 Å². The van der Waals surface area contributed by atoms with Crippen LogP contribution in [0, 0.1) is 0 Å². The van der Waals surface area contributed by atoms with E-state index in [1.165, 1.54) is 0 Å². The summed E-state index contributed by atoms with van der Waals surface area (Å²) in [5, 5.41) is 16.7. The zero-order chi connectivity index (χ0) is 11.7. The topological polar surface area (TPSA) is 77.2 Å². The summed E-state index contributed by atoms with van der Waals surface area (Å²) in [6.07, 6.45) is 1.92. The van der Waals surface area contributed by atoms with E-state index >= 15 is 0 Å². The molecule has 2 heterocycles. The average molecular weight is 225 g/mol. The van der Waals surface area contributed by atoms with Gasteiger partial charge in [-0.25, -0.2) is 4.79 Å². The Balaban J connectivity index is 2.14. The Bertz CT molecular complexity index is 388. The Labute approximate surface area is 93.2 Å². The van der Waals surface area contributed by atoms with Crippen LogP contribution < -0.4 is 0 Å². The van der Waals surface area contributed by atoms with Crippen LogP contribution in [0.3, 0.4) is 0 Å². The predicted molar refractivity (Wildman–Crippen MR) is 54.9 cm³/mol. The van der Waals surface area contributed by atoms with Gasteiger partial charge in [0.25, 0.3) is 0 Å². The van der Waals surface area contributed by atoms with Gasteiger partial charge in [0.05, 0.1) is 0 Å². The van der Waals surface area contributed by atoms with Gasteiger partial charge in [-0.3, -0.25) is 0 Å². The van der Waals surface area contributed by atoms with E-state index in [4.69, 9.17) is 9.84 Å². The van der Waals surface area contributed by atoms with Gasteiger partial charge in [-0.2, -0.15) is 0 Å². The van der Waals surface area contributed by atoms with E-state index in [1.807, 2.05) is 18.4 Å². The molecule has 0 radical (unpaired) electrons. The van der Waals surface area contributed by atoms with E-state index < -0.39 is 12.1 Å². The normalized spacial score (nSPS) is 25.2. The monoisotopic (exact) mass is 225 g/mol. The Morgan fingerprint density at radius 3 is 2.94 bits per heavy atom. The lowest BCUT2D eigenvalue weighted by molar-refractivity contribution is -0.149. The molecule has 1 aliphatic rings. The summed E-state index contributed by atoms with van der Waals surface area (Å²) in [4.78, 5) is 10.8. The molecule has 2 unspecified atom stereocenters. The summed E-state index contributed by atoms with van der Waals surface area (Å²) in [7, 11) is 0. The number of hydrogen-bond donors (Lipinski definition) is 1. The molecule has 0 amide bonds. The highest BCUT2D eigenvalue weighted by Crippen LogP contribution is 2.32. The van der Waals surface area contributed by atoms with E-state index in [0.717, 1.165) is 5.82 Å². The van der Waals surface area contributed by atoms with Crippen molar-refractivity contribution in [2.24, 2.45) is 0 Å². The van der Waals surface area contributed by atoms with Crippen LogP contribution in [0.2, 0.25) is 0 Å². The summed E-state index contributed by atoms with van der Waals surface area (Å²) >= 11 is 0. The molecule has 0 saturated carbocycles. The Hall–Kier alpha value is -1.43. The van der Waals surface area contributed by atoms with E-state index in [9.17, 15) is 4.79 Å². The first-order valence-electron chi connectivity index (χ1n) is 5.37. The van der Waals surface area contributed by atoms with E-state index in [2.05, 4.69) is 10.2 Å². The third-order valence-electron chi connectivity index (χ3n) is 2.74. The molecule has 2 atom stereocenters. The van der Waals surface area contributed by atoms with Gasteiger partial charge in [0.2, 0.25) is 0 Å². The molecule has 0 aliphatic carbocycles. The van der Waals surface area contributed by atoms with Crippen molar-refractivity contribution >= 4 is 5.97 Å². The Kier molecular flexibility index (Phi) is 2.91. The number of rotatable bonds is 3. The zero-order valence-electron chi connectivity index (χ0n) is 9.33. The molecule has 1 aromatic heterocycles. The predicted octanol–water partition coefficient (Wildman–Crippen LogP) is 1.16. The van der Waals surface area contributed by atoms with Crippen LogP contribution in [0.4, 0.5) is 0 Å². The van der Waals surface area contributed by atoms with Crippen LogP contribution in [0.1, 0.15) is 44.7 Å². The third kappa shape index (κ3) is 1.92. The lowest BCUT2D eigenvalue weighted by Crippen LogP contribution is -2.19. The van der Waals surface area contributed by atoms with Gasteiger partial charge in [-0.15, -0.1) is 10.2 Å². The second-order valence-corrected chi connectivity index (χ2v) is 4.22. The first kappa shape index (κ1) is 11.1. The Morgan fingerprint density at radius 2 is 2.38 bits per heavy atom. The molecule has 1 aliphatic heterocycles.